The van der Waals surface area contributed by atoms with E-state index in [0.717, 1.165) is 26.2 Å². The summed E-state index contributed by atoms with van der Waals surface area (Å²) in [6.07, 6.45) is 0. The van der Waals surface area contributed by atoms with Crippen LogP contribution in [0.4, 0.5) is 5.69 Å². The first-order chi connectivity index (χ1) is 9.21. The van der Waals surface area contributed by atoms with Gasteiger partial charge in [-0.1, -0.05) is 53.7 Å². The lowest BCUT2D eigenvalue weighted by molar-refractivity contribution is 0.523. The van der Waals surface area contributed by atoms with Crippen molar-refractivity contribution in [3.63, 3.8) is 0 Å². The van der Waals surface area contributed by atoms with Crippen molar-refractivity contribution in [2.75, 3.05) is 31.1 Å². The van der Waals surface area contributed by atoms with E-state index in [1.807, 2.05) is 0 Å². The van der Waals surface area contributed by atoms with E-state index >= 15 is 0 Å². The number of nitrogens with one attached hydrogen (secondary N) is 1. The SMILES string of the molecule is CC(C)(C)c1cccc(N2CCNCC2)c1C(C)(C)C. The van der Waals surface area contributed by atoms with Crippen LogP contribution in [0.2, 0.25) is 0 Å². The summed E-state index contributed by atoms with van der Waals surface area (Å²) in [7, 11) is 0. The Hall–Kier alpha value is -1.02. The molecule has 0 amide bonds. The van der Waals surface area contributed by atoms with Gasteiger partial charge in [0.2, 0.25) is 0 Å². The van der Waals surface area contributed by atoms with E-state index in [4.69, 9.17) is 0 Å². The molecular weight excluding hydrogens is 244 g/mol. The molecule has 1 fully saturated rings. The number of benzene rings is 1. The highest BCUT2D eigenvalue weighted by molar-refractivity contribution is 5.61. The van der Waals surface area contributed by atoms with Crippen molar-refractivity contribution >= 4 is 5.69 Å². The van der Waals surface area contributed by atoms with Gasteiger partial charge >= 0.3 is 0 Å². The Morgan fingerprint density at radius 2 is 1.50 bits per heavy atom. The largest absolute Gasteiger partial charge is 0.369 e. The molecule has 1 aromatic rings. The van der Waals surface area contributed by atoms with Crippen molar-refractivity contribution in [3.8, 4) is 0 Å². The average molecular weight is 274 g/mol. The normalized spacial score (nSPS) is 17.4. The predicted molar refractivity (Wildman–Crippen MR) is 88.9 cm³/mol. The van der Waals surface area contributed by atoms with Crippen LogP contribution < -0.4 is 10.2 Å². The topological polar surface area (TPSA) is 15.3 Å². The monoisotopic (exact) mass is 274 g/mol. The molecule has 1 saturated heterocycles. The van der Waals surface area contributed by atoms with Crippen molar-refractivity contribution < 1.29 is 0 Å². The van der Waals surface area contributed by atoms with Gasteiger partial charge < -0.3 is 10.2 Å². The standard InChI is InChI=1S/C18H30N2/c1-17(2,3)14-8-7-9-15(16(14)18(4,5)6)20-12-10-19-11-13-20/h7-9,19H,10-13H2,1-6H3. The Labute approximate surface area is 124 Å². The summed E-state index contributed by atoms with van der Waals surface area (Å²) in [5, 5.41) is 3.45. The van der Waals surface area contributed by atoms with Gasteiger partial charge in [0.25, 0.3) is 0 Å². The summed E-state index contributed by atoms with van der Waals surface area (Å²) in [6.45, 7) is 18.4. The molecule has 0 atom stereocenters. The third-order valence-corrected chi connectivity index (χ3v) is 4.06. The first-order valence-electron chi connectivity index (χ1n) is 7.81. The molecule has 1 aliphatic heterocycles. The van der Waals surface area contributed by atoms with Gasteiger partial charge in [0.15, 0.2) is 0 Å². The van der Waals surface area contributed by atoms with Crippen LogP contribution in [0.5, 0.6) is 0 Å². The summed E-state index contributed by atoms with van der Waals surface area (Å²) in [5.74, 6) is 0. The first kappa shape index (κ1) is 15.4. The molecule has 1 N–H and O–H groups in total. The molecule has 20 heavy (non-hydrogen) atoms. The Balaban J connectivity index is 2.56. The fourth-order valence-electron chi connectivity index (χ4n) is 3.12. The number of hydrogen-bond donors (Lipinski definition) is 1. The second-order valence-electron chi connectivity index (χ2n) is 7.94. The zero-order valence-corrected chi connectivity index (χ0v) is 14.0. The molecule has 0 radical (unpaired) electrons. The van der Waals surface area contributed by atoms with Crippen LogP contribution in [-0.4, -0.2) is 26.2 Å². The van der Waals surface area contributed by atoms with E-state index in [1.165, 1.54) is 16.8 Å². The predicted octanol–water partition coefficient (Wildman–Crippen LogP) is 3.69. The number of hydrogen-bond acceptors (Lipinski definition) is 2. The van der Waals surface area contributed by atoms with Crippen LogP contribution in [0, 0.1) is 0 Å². The van der Waals surface area contributed by atoms with Gasteiger partial charge in [0.1, 0.15) is 0 Å². The minimum atomic E-state index is 0.171. The lowest BCUT2D eigenvalue weighted by Crippen LogP contribution is -2.44. The third kappa shape index (κ3) is 3.17. The Bertz CT molecular complexity index is 457. The fraction of sp³-hybridized carbons (Fsp3) is 0.667. The van der Waals surface area contributed by atoms with Crippen LogP contribution in [0.3, 0.4) is 0 Å². The number of rotatable bonds is 1. The zero-order valence-electron chi connectivity index (χ0n) is 14.0. The minimum absolute atomic E-state index is 0.171. The molecule has 2 heteroatoms. The van der Waals surface area contributed by atoms with Gasteiger partial charge in [-0.3, -0.25) is 0 Å². The summed E-state index contributed by atoms with van der Waals surface area (Å²) < 4.78 is 0. The van der Waals surface area contributed by atoms with Gasteiger partial charge in [-0.05, 0) is 28.0 Å². The molecule has 0 saturated carbocycles. The van der Waals surface area contributed by atoms with Gasteiger partial charge in [-0.25, -0.2) is 0 Å². The maximum atomic E-state index is 3.45. The van der Waals surface area contributed by atoms with E-state index < -0.39 is 0 Å². The quantitative estimate of drug-likeness (QED) is 0.840. The molecule has 0 bridgehead atoms. The molecular formula is C18H30N2. The van der Waals surface area contributed by atoms with Crippen molar-refractivity contribution in [1.29, 1.82) is 0 Å². The fourth-order valence-corrected chi connectivity index (χ4v) is 3.12. The lowest BCUT2D eigenvalue weighted by Gasteiger charge is -2.38. The van der Waals surface area contributed by atoms with Gasteiger partial charge in [0.05, 0.1) is 0 Å². The van der Waals surface area contributed by atoms with Gasteiger partial charge in [0, 0.05) is 31.9 Å². The second kappa shape index (κ2) is 5.40. The molecule has 1 heterocycles. The molecule has 112 valence electrons. The molecule has 0 aromatic heterocycles. The van der Waals surface area contributed by atoms with E-state index in [1.54, 1.807) is 0 Å². The second-order valence-corrected chi connectivity index (χ2v) is 7.94. The lowest BCUT2D eigenvalue weighted by atomic mass is 9.74. The Morgan fingerprint density at radius 3 is 2.00 bits per heavy atom. The summed E-state index contributed by atoms with van der Waals surface area (Å²) in [5.41, 5.74) is 4.80. The van der Waals surface area contributed by atoms with E-state index in [-0.39, 0.29) is 10.8 Å². The molecule has 0 aliphatic carbocycles. The molecule has 1 aromatic carbocycles. The van der Waals surface area contributed by atoms with E-state index in [0.29, 0.717) is 0 Å². The summed E-state index contributed by atoms with van der Waals surface area (Å²) in [4.78, 5) is 2.55. The van der Waals surface area contributed by atoms with Gasteiger partial charge in [-0.2, -0.15) is 0 Å². The van der Waals surface area contributed by atoms with Crippen molar-refractivity contribution in [3.05, 3.63) is 29.3 Å². The molecule has 0 spiro atoms. The molecule has 0 unspecified atom stereocenters. The first-order valence-corrected chi connectivity index (χ1v) is 7.81. The van der Waals surface area contributed by atoms with Crippen LogP contribution in [0.15, 0.2) is 18.2 Å². The van der Waals surface area contributed by atoms with Crippen molar-refractivity contribution in [1.82, 2.24) is 5.32 Å². The van der Waals surface area contributed by atoms with Crippen molar-refractivity contribution in [2.24, 2.45) is 0 Å². The minimum Gasteiger partial charge on any atom is -0.369 e. The van der Waals surface area contributed by atoms with Crippen molar-refractivity contribution in [2.45, 2.75) is 52.4 Å². The smallest absolute Gasteiger partial charge is 0.0408 e. The van der Waals surface area contributed by atoms with Crippen LogP contribution in [0.25, 0.3) is 0 Å². The highest BCUT2D eigenvalue weighted by Crippen LogP contribution is 2.40. The molecule has 2 rings (SSSR count). The van der Waals surface area contributed by atoms with Crippen LogP contribution in [-0.2, 0) is 10.8 Å². The number of nitrogens with zero attached hydrogens (tertiary/aromatic N) is 1. The maximum Gasteiger partial charge on any atom is 0.0408 e. The Morgan fingerprint density at radius 1 is 0.900 bits per heavy atom. The van der Waals surface area contributed by atoms with E-state index in [2.05, 4.69) is 70.0 Å². The maximum absolute atomic E-state index is 3.45. The summed E-state index contributed by atoms with van der Waals surface area (Å²) in [6, 6.07) is 6.85. The van der Waals surface area contributed by atoms with E-state index in [9.17, 15) is 0 Å². The Kier molecular flexibility index (Phi) is 4.15. The van der Waals surface area contributed by atoms with Crippen LogP contribution in [0.1, 0.15) is 52.7 Å². The van der Waals surface area contributed by atoms with Crippen LogP contribution >= 0.6 is 0 Å². The highest BCUT2D eigenvalue weighted by Gasteiger charge is 2.29. The number of anilines is 1. The average Bonchev–Trinajstić information content (AvgIpc) is 2.37. The number of piperazine rings is 1. The zero-order chi connectivity index (χ0) is 15.0. The summed E-state index contributed by atoms with van der Waals surface area (Å²) >= 11 is 0. The third-order valence-electron chi connectivity index (χ3n) is 4.06. The molecule has 1 aliphatic rings. The van der Waals surface area contributed by atoms with Gasteiger partial charge in [-0.15, -0.1) is 0 Å². The highest BCUT2D eigenvalue weighted by atomic mass is 15.2. The molecule has 2 nitrogen and oxygen atoms in total.